The molecule has 3 rings (SSSR count). The fourth-order valence-corrected chi connectivity index (χ4v) is 3.68. The van der Waals surface area contributed by atoms with Crippen LogP contribution in [0.3, 0.4) is 0 Å². The van der Waals surface area contributed by atoms with Gasteiger partial charge in [-0.25, -0.2) is 4.79 Å². The van der Waals surface area contributed by atoms with Crippen molar-refractivity contribution < 1.29 is 4.79 Å². The minimum Gasteiger partial charge on any atom is -0.323 e. The van der Waals surface area contributed by atoms with Gasteiger partial charge in [-0.05, 0) is 51.0 Å². The molecule has 1 fully saturated rings. The summed E-state index contributed by atoms with van der Waals surface area (Å²) in [6.07, 6.45) is 2.14. The predicted octanol–water partition coefficient (Wildman–Crippen LogP) is 3.93. The van der Waals surface area contributed by atoms with E-state index >= 15 is 0 Å². The van der Waals surface area contributed by atoms with Gasteiger partial charge in [-0.15, -0.1) is 11.3 Å². The highest BCUT2D eigenvalue weighted by Crippen LogP contribution is 2.18. The SMILES string of the molecule is Cc1sc(=NC(=O)N2CCCC2)n(-c2ccc(Cl)cc2)c1C. The van der Waals surface area contributed by atoms with E-state index in [0.29, 0.717) is 9.82 Å². The lowest BCUT2D eigenvalue weighted by Gasteiger charge is -2.11. The number of aromatic nitrogens is 1. The number of likely N-dealkylation sites (tertiary alicyclic amines) is 1. The third-order valence-corrected chi connectivity index (χ3v) is 5.24. The average Bonchev–Trinajstić information content (AvgIpc) is 3.11. The first-order valence-electron chi connectivity index (χ1n) is 7.35. The second kappa shape index (κ2) is 6.26. The van der Waals surface area contributed by atoms with E-state index in [1.807, 2.05) is 47.6 Å². The molecule has 4 nitrogen and oxygen atoms in total. The van der Waals surface area contributed by atoms with Crippen LogP contribution in [0, 0.1) is 13.8 Å². The molecule has 0 atom stereocenters. The Labute approximate surface area is 138 Å². The third kappa shape index (κ3) is 2.96. The number of hydrogen-bond acceptors (Lipinski definition) is 2. The van der Waals surface area contributed by atoms with Crippen LogP contribution in [0.2, 0.25) is 5.02 Å². The fourth-order valence-electron chi connectivity index (χ4n) is 2.59. The summed E-state index contributed by atoms with van der Waals surface area (Å²) in [7, 11) is 0. The van der Waals surface area contributed by atoms with E-state index < -0.39 is 0 Å². The van der Waals surface area contributed by atoms with Crippen LogP contribution in [0.5, 0.6) is 0 Å². The van der Waals surface area contributed by atoms with Crippen LogP contribution in [0.4, 0.5) is 4.79 Å². The molecule has 0 unspecified atom stereocenters. The summed E-state index contributed by atoms with van der Waals surface area (Å²) in [5.74, 6) is 0. The first kappa shape index (κ1) is 15.3. The van der Waals surface area contributed by atoms with Gasteiger partial charge in [0.15, 0.2) is 4.80 Å². The van der Waals surface area contributed by atoms with Crippen LogP contribution in [0.1, 0.15) is 23.4 Å². The van der Waals surface area contributed by atoms with Crippen molar-refractivity contribution in [3.8, 4) is 5.69 Å². The zero-order valence-corrected chi connectivity index (χ0v) is 14.2. The molecule has 0 saturated carbocycles. The molecule has 1 aromatic heterocycles. The van der Waals surface area contributed by atoms with E-state index in [9.17, 15) is 4.79 Å². The minimum absolute atomic E-state index is 0.138. The number of halogens is 1. The van der Waals surface area contributed by atoms with Gasteiger partial charge in [0.2, 0.25) is 0 Å². The van der Waals surface area contributed by atoms with Gasteiger partial charge in [-0.2, -0.15) is 4.99 Å². The minimum atomic E-state index is -0.138. The van der Waals surface area contributed by atoms with Crippen LogP contribution >= 0.6 is 22.9 Å². The summed E-state index contributed by atoms with van der Waals surface area (Å²) in [4.78, 5) is 20.3. The van der Waals surface area contributed by atoms with Crippen LogP contribution in [0.15, 0.2) is 29.3 Å². The first-order chi connectivity index (χ1) is 10.6. The third-order valence-electron chi connectivity index (χ3n) is 3.93. The topological polar surface area (TPSA) is 37.6 Å². The van der Waals surface area contributed by atoms with Crippen molar-refractivity contribution in [2.75, 3.05) is 13.1 Å². The molecule has 2 amide bonds. The number of urea groups is 1. The molecule has 2 aromatic rings. The Morgan fingerprint density at radius 2 is 1.82 bits per heavy atom. The lowest BCUT2D eigenvalue weighted by molar-refractivity contribution is 0.218. The number of carbonyl (C=O) groups excluding carboxylic acids is 1. The number of thiazole rings is 1. The van der Waals surface area contributed by atoms with Crippen molar-refractivity contribution in [3.05, 3.63) is 44.7 Å². The number of aryl methyl sites for hydroxylation is 1. The van der Waals surface area contributed by atoms with Crippen molar-refractivity contribution in [1.82, 2.24) is 9.47 Å². The lowest BCUT2D eigenvalue weighted by atomic mass is 10.3. The lowest BCUT2D eigenvalue weighted by Crippen LogP contribution is -2.27. The molecule has 0 radical (unpaired) electrons. The molecule has 1 saturated heterocycles. The van der Waals surface area contributed by atoms with Crippen molar-refractivity contribution in [2.45, 2.75) is 26.7 Å². The summed E-state index contributed by atoms with van der Waals surface area (Å²) < 4.78 is 2.02. The molecule has 22 heavy (non-hydrogen) atoms. The van der Waals surface area contributed by atoms with Crippen molar-refractivity contribution in [2.24, 2.45) is 4.99 Å². The molecule has 1 aromatic carbocycles. The monoisotopic (exact) mass is 335 g/mol. The van der Waals surface area contributed by atoms with E-state index in [2.05, 4.69) is 4.99 Å². The maximum atomic E-state index is 12.3. The maximum absolute atomic E-state index is 12.3. The molecular formula is C16H18ClN3OS. The molecule has 1 aliphatic heterocycles. The molecule has 0 spiro atoms. The van der Waals surface area contributed by atoms with Gasteiger partial charge in [0.25, 0.3) is 0 Å². The second-order valence-electron chi connectivity index (χ2n) is 5.43. The molecular weight excluding hydrogens is 318 g/mol. The van der Waals surface area contributed by atoms with Crippen LogP contribution in [0.25, 0.3) is 5.69 Å². The van der Waals surface area contributed by atoms with Crippen LogP contribution in [-0.2, 0) is 0 Å². The highest BCUT2D eigenvalue weighted by molar-refractivity contribution is 7.09. The number of benzene rings is 1. The molecule has 6 heteroatoms. The predicted molar refractivity (Wildman–Crippen MR) is 89.9 cm³/mol. The average molecular weight is 336 g/mol. The fraction of sp³-hybridized carbons (Fsp3) is 0.375. The zero-order valence-electron chi connectivity index (χ0n) is 12.7. The smallest absolute Gasteiger partial charge is 0.323 e. The molecule has 0 bridgehead atoms. The Morgan fingerprint density at radius 1 is 1.18 bits per heavy atom. The van der Waals surface area contributed by atoms with E-state index in [-0.39, 0.29) is 6.03 Å². The molecule has 2 heterocycles. The van der Waals surface area contributed by atoms with Crippen molar-refractivity contribution >= 4 is 29.0 Å². The van der Waals surface area contributed by atoms with Gasteiger partial charge in [0, 0.05) is 34.4 Å². The highest BCUT2D eigenvalue weighted by Gasteiger charge is 2.18. The molecule has 0 aliphatic carbocycles. The zero-order chi connectivity index (χ0) is 15.7. The van der Waals surface area contributed by atoms with Gasteiger partial charge >= 0.3 is 6.03 Å². The van der Waals surface area contributed by atoms with Gasteiger partial charge in [-0.1, -0.05) is 11.6 Å². The standard InChI is InChI=1S/C16H18ClN3OS/c1-11-12(2)22-16(18-15(21)19-9-3-4-10-19)20(11)14-7-5-13(17)6-8-14/h5-8H,3-4,9-10H2,1-2H3. The van der Waals surface area contributed by atoms with Gasteiger partial charge in [0.1, 0.15) is 0 Å². The van der Waals surface area contributed by atoms with E-state index in [1.54, 1.807) is 11.3 Å². The molecule has 116 valence electrons. The first-order valence-corrected chi connectivity index (χ1v) is 8.54. The summed E-state index contributed by atoms with van der Waals surface area (Å²) in [6, 6.07) is 7.45. The number of hydrogen-bond donors (Lipinski definition) is 0. The van der Waals surface area contributed by atoms with Crippen molar-refractivity contribution in [3.63, 3.8) is 0 Å². The molecule has 0 N–H and O–H groups in total. The Balaban J connectivity index is 2.06. The quantitative estimate of drug-likeness (QED) is 0.778. The van der Waals surface area contributed by atoms with Gasteiger partial charge in [0.05, 0.1) is 0 Å². The molecule has 1 aliphatic rings. The normalized spacial score (nSPS) is 15.6. The number of carbonyl (C=O) groups is 1. The summed E-state index contributed by atoms with van der Waals surface area (Å²) in [6.45, 7) is 5.71. The maximum Gasteiger partial charge on any atom is 0.346 e. The Morgan fingerprint density at radius 3 is 2.45 bits per heavy atom. The number of rotatable bonds is 1. The Hall–Kier alpha value is -1.59. The van der Waals surface area contributed by atoms with Gasteiger partial charge < -0.3 is 4.90 Å². The van der Waals surface area contributed by atoms with Crippen LogP contribution < -0.4 is 4.80 Å². The van der Waals surface area contributed by atoms with E-state index in [1.165, 1.54) is 0 Å². The summed E-state index contributed by atoms with van der Waals surface area (Å²) >= 11 is 7.51. The van der Waals surface area contributed by atoms with Crippen LogP contribution in [-0.4, -0.2) is 28.6 Å². The van der Waals surface area contributed by atoms with E-state index in [4.69, 9.17) is 11.6 Å². The Kier molecular flexibility index (Phi) is 4.36. The van der Waals surface area contributed by atoms with Gasteiger partial charge in [-0.3, -0.25) is 4.57 Å². The Bertz CT molecular complexity index is 755. The summed E-state index contributed by atoms with van der Waals surface area (Å²) in [5.41, 5.74) is 2.07. The number of nitrogens with zero attached hydrogens (tertiary/aromatic N) is 3. The summed E-state index contributed by atoms with van der Waals surface area (Å²) in [5, 5.41) is 0.695. The van der Waals surface area contributed by atoms with E-state index in [0.717, 1.165) is 42.2 Å². The highest BCUT2D eigenvalue weighted by atomic mass is 35.5. The largest absolute Gasteiger partial charge is 0.346 e. The number of amides is 2. The van der Waals surface area contributed by atoms with Crippen molar-refractivity contribution in [1.29, 1.82) is 0 Å². The second-order valence-corrected chi connectivity index (χ2v) is 7.04.